The smallest absolute Gasteiger partial charge is 0.416 e. The standard InChI is InChI=1S/C11H18N2O5/c1-7(2)9(10(15)17-3)12-6-8(14)13-4-5-18-11(13)16/h7,9,12H,4-6H2,1-3H3. The van der Waals surface area contributed by atoms with Crippen molar-refractivity contribution >= 4 is 18.0 Å². The molecule has 1 aliphatic rings. The number of carbonyl (C=O) groups is 3. The van der Waals surface area contributed by atoms with E-state index in [4.69, 9.17) is 0 Å². The third-order valence-corrected chi connectivity index (χ3v) is 2.66. The van der Waals surface area contributed by atoms with Gasteiger partial charge in [0.05, 0.1) is 20.2 Å². The maximum absolute atomic E-state index is 11.7. The van der Waals surface area contributed by atoms with Crippen molar-refractivity contribution in [2.75, 3.05) is 26.8 Å². The topological polar surface area (TPSA) is 84.9 Å². The number of hydrogen-bond donors (Lipinski definition) is 1. The third kappa shape index (κ3) is 3.43. The Kier molecular flexibility index (Phi) is 5.08. The lowest BCUT2D eigenvalue weighted by atomic mass is 10.0. The zero-order valence-corrected chi connectivity index (χ0v) is 10.8. The molecule has 102 valence electrons. The second kappa shape index (κ2) is 6.34. The van der Waals surface area contributed by atoms with E-state index in [0.29, 0.717) is 0 Å². The van der Waals surface area contributed by atoms with Crippen molar-refractivity contribution < 1.29 is 23.9 Å². The van der Waals surface area contributed by atoms with Gasteiger partial charge in [-0.1, -0.05) is 13.8 Å². The number of ether oxygens (including phenoxy) is 2. The molecule has 1 atom stereocenters. The summed E-state index contributed by atoms with van der Waals surface area (Å²) in [5.41, 5.74) is 0. The summed E-state index contributed by atoms with van der Waals surface area (Å²) in [7, 11) is 1.29. The SMILES string of the molecule is COC(=O)C(NCC(=O)N1CCOC1=O)C(C)C. The number of hydrogen-bond acceptors (Lipinski definition) is 6. The lowest BCUT2D eigenvalue weighted by Gasteiger charge is -2.20. The molecule has 1 saturated heterocycles. The highest BCUT2D eigenvalue weighted by molar-refractivity contribution is 5.94. The first kappa shape index (κ1) is 14.4. The second-order valence-corrected chi connectivity index (χ2v) is 4.29. The van der Waals surface area contributed by atoms with E-state index in [0.717, 1.165) is 4.90 Å². The predicted octanol–water partition coefficient (Wildman–Crippen LogP) is -0.248. The van der Waals surface area contributed by atoms with Gasteiger partial charge < -0.3 is 9.47 Å². The number of nitrogens with zero attached hydrogens (tertiary/aromatic N) is 1. The molecule has 0 spiro atoms. The third-order valence-electron chi connectivity index (χ3n) is 2.66. The van der Waals surface area contributed by atoms with Crippen LogP contribution in [0.3, 0.4) is 0 Å². The largest absolute Gasteiger partial charge is 0.468 e. The van der Waals surface area contributed by atoms with Crippen molar-refractivity contribution in [3.63, 3.8) is 0 Å². The normalized spacial score (nSPS) is 16.7. The van der Waals surface area contributed by atoms with Gasteiger partial charge in [0, 0.05) is 0 Å². The zero-order chi connectivity index (χ0) is 13.7. The maximum atomic E-state index is 11.7. The molecule has 0 aromatic carbocycles. The lowest BCUT2D eigenvalue weighted by Crippen LogP contribution is -2.47. The predicted molar refractivity (Wildman–Crippen MR) is 61.7 cm³/mol. The van der Waals surface area contributed by atoms with Crippen LogP contribution in [0.25, 0.3) is 0 Å². The van der Waals surface area contributed by atoms with Crippen molar-refractivity contribution in [2.45, 2.75) is 19.9 Å². The first-order chi connectivity index (χ1) is 8.47. The van der Waals surface area contributed by atoms with Gasteiger partial charge in [-0.25, -0.2) is 9.69 Å². The van der Waals surface area contributed by atoms with Gasteiger partial charge in [0.25, 0.3) is 0 Å². The fraction of sp³-hybridized carbons (Fsp3) is 0.727. The van der Waals surface area contributed by atoms with Crippen LogP contribution >= 0.6 is 0 Å². The molecule has 1 rings (SSSR count). The van der Waals surface area contributed by atoms with Crippen LogP contribution in [0.1, 0.15) is 13.8 Å². The van der Waals surface area contributed by atoms with Crippen molar-refractivity contribution in [2.24, 2.45) is 5.92 Å². The molecule has 0 aliphatic carbocycles. The minimum absolute atomic E-state index is 0.0178. The maximum Gasteiger partial charge on any atom is 0.416 e. The van der Waals surface area contributed by atoms with Crippen LogP contribution in [0.5, 0.6) is 0 Å². The molecule has 0 saturated carbocycles. The van der Waals surface area contributed by atoms with Gasteiger partial charge in [-0.15, -0.1) is 0 Å². The lowest BCUT2D eigenvalue weighted by molar-refractivity contribution is -0.144. The van der Waals surface area contributed by atoms with Gasteiger partial charge in [0.2, 0.25) is 5.91 Å². The van der Waals surface area contributed by atoms with E-state index in [9.17, 15) is 14.4 Å². The Morgan fingerprint density at radius 2 is 2.17 bits per heavy atom. The molecule has 0 aromatic rings. The van der Waals surface area contributed by atoms with Crippen LogP contribution in [-0.2, 0) is 19.1 Å². The van der Waals surface area contributed by atoms with Crippen molar-refractivity contribution in [1.82, 2.24) is 10.2 Å². The molecule has 0 bridgehead atoms. The number of rotatable bonds is 5. The molecular weight excluding hydrogens is 240 g/mol. The van der Waals surface area contributed by atoms with Gasteiger partial charge in [-0.3, -0.25) is 14.9 Å². The molecule has 2 amide bonds. The highest BCUT2D eigenvalue weighted by Crippen LogP contribution is 2.05. The number of cyclic esters (lactones) is 1. The Balaban J connectivity index is 2.49. The molecule has 0 radical (unpaired) electrons. The fourth-order valence-corrected chi connectivity index (χ4v) is 1.63. The molecule has 1 fully saturated rings. The van der Waals surface area contributed by atoms with Crippen LogP contribution in [-0.4, -0.2) is 55.7 Å². The zero-order valence-electron chi connectivity index (χ0n) is 10.8. The average Bonchev–Trinajstić information content (AvgIpc) is 2.74. The summed E-state index contributed by atoms with van der Waals surface area (Å²) in [6.07, 6.45) is -0.638. The monoisotopic (exact) mass is 258 g/mol. The molecule has 1 unspecified atom stereocenters. The fourth-order valence-electron chi connectivity index (χ4n) is 1.63. The summed E-state index contributed by atoms with van der Waals surface area (Å²) < 4.78 is 9.29. The highest BCUT2D eigenvalue weighted by atomic mass is 16.6. The summed E-state index contributed by atoms with van der Waals surface area (Å²) >= 11 is 0. The minimum Gasteiger partial charge on any atom is -0.468 e. The van der Waals surface area contributed by atoms with Gasteiger partial charge in [-0.05, 0) is 5.92 Å². The number of nitrogens with one attached hydrogen (secondary N) is 1. The number of imide groups is 1. The minimum atomic E-state index is -0.638. The second-order valence-electron chi connectivity index (χ2n) is 4.29. The van der Waals surface area contributed by atoms with Gasteiger partial charge in [0.1, 0.15) is 12.6 Å². The van der Waals surface area contributed by atoms with Gasteiger partial charge in [-0.2, -0.15) is 0 Å². The molecule has 7 nitrogen and oxygen atoms in total. The molecule has 1 N–H and O–H groups in total. The highest BCUT2D eigenvalue weighted by Gasteiger charge is 2.30. The van der Waals surface area contributed by atoms with Crippen LogP contribution in [0.2, 0.25) is 0 Å². The number of esters is 1. The molecule has 1 heterocycles. The van der Waals surface area contributed by atoms with Gasteiger partial charge in [0.15, 0.2) is 0 Å². The molecule has 0 aromatic heterocycles. The summed E-state index contributed by atoms with van der Waals surface area (Å²) in [6, 6.07) is -0.572. The number of amides is 2. The van der Waals surface area contributed by atoms with E-state index in [-0.39, 0.29) is 25.6 Å². The van der Waals surface area contributed by atoms with Crippen LogP contribution in [0, 0.1) is 5.92 Å². The van der Waals surface area contributed by atoms with E-state index >= 15 is 0 Å². The summed E-state index contributed by atoms with van der Waals surface area (Å²) in [4.78, 5) is 35.3. The Morgan fingerprint density at radius 3 is 2.61 bits per heavy atom. The van der Waals surface area contributed by atoms with E-state index in [1.54, 1.807) is 0 Å². The Bertz CT molecular complexity index is 342. The first-order valence-corrected chi connectivity index (χ1v) is 5.75. The van der Waals surface area contributed by atoms with E-state index in [1.807, 2.05) is 13.8 Å². The summed E-state index contributed by atoms with van der Waals surface area (Å²) in [6.45, 7) is 4.04. The number of methoxy groups -OCH3 is 1. The average molecular weight is 258 g/mol. The quantitative estimate of drug-likeness (QED) is 0.685. The number of carbonyl (C=O) groups excluding carboxylic acids is 3. The molecule has 18 heavy (non-hydrogen) atoms. The van der Waals surface area contributed by atoms with Crippen LogP contribution < -0.4 is 5.32 Å². The molecule has 1 aliphatic heterocycles. The molecular formula is C11H18N2O5. The van der Waals surface area contributed by atoms with E-state index < -0.39 is 24.0 Å². The van der Waals surface area contributed by atoms with Crippen LogP contribution in [0.15, 0.2) is 0 Å². The Hall–Kier alpha value is -1.63. The first-order valence-electron chi connectivity index (χ1n) is 5.75. The van der Waals surface area contributed by atoms with Crippen LogP contribution in [0.4, 0.5) is 4.79 Å². The van der Waals surface area contributed by atoms with E-state index in [1.165, 1.54) is 7.11 Å². The van der Waals surface area contributed by atoms with E-state index in [2.05, 4.69) is 14.8 Å². The van der Waals surface area contributed by atoms with Crippen molar-refractivity contribution in [1.29, 1.82) is 0 Å². The Labute approximate surface area is 105 Å². The Morgan fingerprint density at radius 1 is 1.50 bits per heavy atom. The summed E-state index contributed by atoms with van der Waals surface area (Å²) in [5.74, 6) is -0.857. The molecule has 7 heteroatoms. The summed E-state index contributed by atoms with van der Waals surface area (Å²) in [5, 5.41) is 2.79. The van der Waals surface area contributed by atoms with Crippen molar-refractivity contribution in [3.05, 3.63) is 0 Å². The van der Waals surface area contributed by atoms with Crippen molar-refractivity contribution in [3.8, 4) is 0 Å². The van der Waals surface area contributed by atoms with Gasteiger partial charge >= 0.3 is 12.1 Å².